The summed E-state index contributed by atoms with van der Waals surface area (Å²) in [6.07, 6.45) is 4.09. The molecule has 23 heavy (non-hydrogen) atoms. The van der Waals surface area contributed by atoms with E-state index in [1.165, 1.54) is 0 Å². The summed E-state index contributed by atoms with van der Waals surface area (Å²) in [7, 11) is 1.76. The fraction of sp³-hybridized carbons (Fsp3) is 0.471. The Morgan fingerprint density at radius 2 is 2.17 bits per heavy atom. The van der Waals surface area contributed by atoms with Crippen molar-refractivity contribution in [3.63, 3.8) is 0 Å². The van der Waals surface area contributed by atoms with Crippen molar-refractivity contribution in [3.8, 4) is 0 Å². The van der Waals surface area contributed by atoms with Gasteiger partial charge in [0.15, 0.2) is 0 Å². The Kier molecular flexibility index (Phi) is 5.75. The molecule has 6 heteroatoms. The quantitative estimate of drug-likeness (QED) is 0.820. The van der Waals surface area contributed by atoms with Crippen molar-refractivity contribution in [1.29, 1.82) is 0 Å². The Morgan fingerprint density at radius 3 is 2.91 bits per heavy atom. The van der Waals surface area contributed by atoms with Gasteiger partial charge < -0.3 is 15.0 Å². The van der Waals surface area contributed by atoms with E-state index in [1.807, 2.05) is 18.3 Å². The molecule has 1 aliphatic heterocycles. The number of likely N-dealkylation sites (tertiary alicyclic amines) is 1. The number of methoxy groups -OCH3 is 1. The molecule has 0 saturated carbocycles. The minimum absolute atomic E-state index is 0.483. The van der Waals surface area contributed by atoms with Gasteiger partial charge >= 0.3 is 0 Å². The molecule has 0 amide bonds. The van der Waals surface area contributed by atoms with Crippen LogP contribution in [0.25, 0.3) is 10.9 Å². The van der Waals surface area contributed by atoms with E-state index in [0.717, 1.165) is 60.1 Å². The van der Waals surface area contributed by atoms with Crippen molar-refractivity contribution in [2.75, 3.05) is 38.7 Å². The number of anilines is 1. The van der Waals surface area contributed by atoms with Crippen molar-refractivity contribution in [2.24, 2.45) is 0 Å². The van der Waals surface area contributed by atoms with Gasteiger partial charge in [-0.25, -0.2) is 0 Å². The van der Waals surface area contributed by atoms with Crippen LogP contribution in [0.1, 0.15) is 12.8 Å². The standard InChI is InChI=1S/C17H21BrClN3O/c1-23-9-8-22-6-3-13(4-7-22)21-16-2-5-20-17-14(16)10-12(18)11-15(17)19/h2,5,10-11,13H,3-4,6-9H2,1H3,(H,20,21). The van der Waals surface area contributed by atoms with Gasteiger partial charge in [0.05, 0.1) is 17.1 Å². The van der Waals surface area contributed by atoms with Gasteiger partial charge in [-0.15, -0.1) is 0 Å². The summed E-state index contributed by atoms with van der Waals surface area (Å²) in [4.78, 5) is 6.86. The van der Waals surface area contributed by atoms with Gasteiger partial charge in [0.25, 0.3) is 0 Å². The number of ether oxygens (including phenoxy) is 1. The number of fused-ring (bicyclic) bond motifs is 1. The van der Waals surface area contributed by atoms with Crippen molar-refractivity contribution in [2.45, 2.75) is 18.9 Å². The maximum Gasteiger partial charge on any atom is 0.0909 e. The second-order valence-corrected chi connectivity index (χ2v) is 7.22. The maximum absolute atomic E-state index is 6.31. The number of hydrogen-bond donors (Lipinski definition) is 1. The summed E-state index contributed by atoms with van der Waals surface area (Å²) in [6, 6.07) is 6.47. The molecule has 0 unspecified atom stereocenters. The van der Waals surface area contributed by atoms with E-state index >= 15 is 0 Å². The third-order valence-corrected chi connectivity index (χ3v) is 5.07. The number of nitrogens with zero attached hydrogens (tertiary/aromatic N) is 2. The topological polar surface area (TPSA) is 37.4 Å². The zero-order chi connectivity index (χ0) is 16.2. The van der Waals surface area contributed by atoms with E-state index in [-0.39, 0.29) is 0 Å². The van der Waals surface area contributed by atoms with Crippen LogP contribution >= 0.6 is 27.5 Å². The van der Waals surface area contributed by atoms with Crippen LogP contribution in [0.15, 0.2) is 28.9 Å². The van der Waals surface area contributed by atoms with E-state index in [1.54, 1.807) is 7.11 Å². The molecule has 0 bridgehead atoms. The third-order valence-electron chi connectivity index (χ3n) is 4.32. The van der Waals surface area contributed by atoms with E-state index < -0.39 is 0 Å². The maximum atomic E-state index is 6.31. The Labute approximate surface area is 150 Å². The van der Waals surface area contributed by atoms with Crippen molar-refractivity contribution < 1.29 is 4.74 Å². The highest BCUT2D eigenvalue weighted by Crippen LogP contribution is 2.32. The second kappa shape index (κ2) is 7.79. The van der Waals surface area contributed by atoms with Crippen LogP contribution in [0.3, 0.4) is 0 Å². The fourth-order valence-electron chi connectivity index (χ4n) is 3.05. The summed E-state index contributed by atoms with van der Waals surface area (Å²) in [5.74, 6) is 0. The molecule has 1 aliphatic rings. The van der Waals surface area contributed by atoms with E-state index in [9.17, 15) is 0 Å². The second-order valence-electron chi connectivity index (χ2n) is 5.90. The van der Waals surface area contributed by atoms with Crippen LogP contribution in [0.4, 0.5) is 5.69 Å². The number of aromatic nitrogens is 1. The van der Waals surface area contributed by atoms with Crippen LogP contribution in [-0.4, -0.2) is 49.3 Å². The minimum Gasteiger partial charge on any atom is -0.383 e. The molecule has 1 aromatic heterocycles. The molecular weight excluding hydrogens is 378 g/mol. The fourth-order valence-corrected chi connectivity index (χ4v) is 3.90. The van der Waals surface area contributed by atoms with Crippen molar-refractivity contribution >= 4 is 44.1 Å². The van der Waals surface area contributed by atoms with Crippen LogP contribution in [-0.2, 0) is 4.74 Å². The SMILES string of the molecule is COCCN1CCC(Nc2ccnc3c(Cl)cc(Br)cc23)CC1. The number of hydrogen-bond acceptors (Lipinski definition) is 4. The molecule has 0 aliphatic carbocycles. The van der Waals surface area contributed by atoms with E-state index in [0.29, 0.717) is 11.1 Å². The summed E-state index contributed by atoms with van der Waals surface area (Å²) < 4.78 is 6.13. The molecule has 2 heterocycles. The molecule has 4 nitrogen and oxygen atoms in total. The molecule has 0 radical (unpaired) electrons. The first-order valence-corrected chi connectivity index (χ1v) is 9.06. The molecule has 124 valence electrons. The Bertz CT molecular complexity index is 674. The van der Waals surface area contributed by atoms with Gasteiger partial charge in [-0.1, -0.05) is 27.5 Å². The van der Waals surface area contributed by atoms with Gasteiger partial charge in [0, 0.05) is 54.5 Å². The molecule has 0 spiro atoms. The zero-order valence-corrected chi connectivity index (χ0v) is 15.5. The molecule has 1 saturated heterocycles. The molecule has 1 N–H and O–H groups in total. The highest BCUT2D eigenvalue weighted by atomic mass is 79.9. The predicted molar refractivity (Wildman–Crippen MR) is 99.4 cm³/mol. The lowest BCUT2D eigenvalue weighted by Gasteiger charge is -2.32. The van der Waals surface area contributed by atoms with Crippen LogP contribution in [0.5, 0.6) is 0 Å². The average molecular weight is 399 g/mol. The molecular formula is C17H21BrClN3O. The van der Waals surface area contributed by atoms with Gasteiger partial charge in [0.1, 0.15) is 0 Å². The first-order valence-electron chi connectivity index (χ1n) is 7.89. The van der Waals surface area contributed by atoms with Gasteiger partial charge in [-0.05, 0) is 31.0 Å². The lowest BCUT2D eigenvalue weighted by molar-refractivity contribution is 0.132. The van der Waals surface area contributed by atoms with Crippen molar-refractivity contribution in [3.05, 3.63) is 33.9 Å². The van der Waals surface area contributed by atoms with E-state index in [2.05, 4.69) is 37.2 Å². The third kappa shape index (κ3) is 4.15. The lowest BCUT2D eigenvalue weighted by Crippen LogP contribution is -2.40. The Balaban J connectivity index is 1.71. The minimum atomic E-state index is 0.483. The van der Waals surface area contributed by atoms with Crippen LogP contribution in [0, 0.1) is 0 Å². The number of benzene rings is 1. The summed E-state index contributed by atoms with van der Waals surface area (Å²) in [6.45, 7) is 4.03. The van der Waals surface area contributed by atoms with Crippen LogP contribution in [0.2, 0.25) is 5.02 Å². The van der Waals surface area contributed by atoms with Crippen molar-refractivity contribution in [1.82, 2.24) is 9.88 Å². The van der Waals surface area contributed by atoms with Gasteiger partial charge in [-0.3, -0.25) is 4.98 Å². The number of nitrogens with one attached hydrogen (secondary N) is 1. The molecule has 2 aromatic rings. The first kappa shape index (κ1) is 17.0. The zero-order valence-electron chi connectivity index (χ0n) is 13.2. The largest absolute Gasteiger partial charge is 0.383 e. The number of rotatable bonds is 5. The molecule has 3 rings (SSSR count). The highest BCUT2D eigenvalue weighted by Gasteiger charge is 2.19. The summed E-state index contributed by atoms with van der Waals surface area (Å²) in [5.41, 5.74) is 1.95. The lowest BCUT2D eigenvalue weighted by atomic mass is 10.0. The van der Waals surface area contributed by atoms with Gasteiger partial charge in [0.2, 0.25) is 0 Å². The number of halogens is 2. The highest BCUT2D eigenvalue weighted by molar-refractivity contribution is 9.10. The Morgan fingerprint density at radius 1 is 1.39 bits per heavy atom. The first-order chi connectivity index (χ1) is 11.2. The summed E-state index contributed by atoms with van der Waals surface area (Å²) >= 11 is 9.82. The molecule has 1 fully saturated rings. The van der Waals surface area contributed by atoms with Gasteiger partial charge in [-0.2, -0.15) is 0 Å². The number of piperidine rings is 1. The molecule has 0 atom stereocenters. The predicted octanol–water partition coefficient (Wildman–Crippen LogP) is 4.17. The monoisotopic (exact) mass is 397 g/mol. The molecule has 1 aromatic carbocycles. The smallest absolute Gasteiger partial charge is 0.0909 e. The number of pyridine rings is 1. The summed E-state index contributed by atoms with van der Waals surface area (Å²) in [5, 5.41) is 5.41. The van der Waals surface area contributed by atoms with E-state index in [4.69, 9.17) is 16.3 Å². The Hall–Kier alpha value is -0.880. The normalized spacial score (nSPS) is 16.8. The van der Waals surface area contributed by atoms with Crippen LogP contribution < -0.4 is 5.32 Å². The average Bonchev–Trinajstić information content (AvgIpc) is 2.55.